The van der Waals surface area contributed by atoms with Crippen LogP contribution in [0.2, 0.25) is 0 Å². The Labute approximate surface area is 103 Å². The summed E-state index contributed by atoms with van der Waals surface area (Å²) in [4.78, 5) is 0. The zero-order valence-electron chi connectivity index (χ0n) is 8.99. The number of benzene rings is 1. The van der Waals surface area contributed by atoms with Crippen molar-refractivity contribution >= 4 is 22.6 Å². The van der Waals surface area contributed by atoms with Crippen LogP contribution in [0.1, 0.15) is 30.9 Å². The maximum atomic E-state index is 13.4. The Kier molecular flexibility index (Phi) is 4.49. The number of halogens is 3. The number of hydrogen-bond donors (Lipinski definition) is 0. The lowest BCUT2D eigenvalue weighted by molar-refractivity contribution is 0.316. The van der Waals surface area contributed by atoms with Crippen molar-refractivity contribution in [3.8, 4) is 0 Å². The first-order valence-corrected chi connectivity index (χ1v) is 6.57. The highest BCUT2D eigenvalue weighted by atomic mass is 127. The van der Waals surface area contributed by atoms with Crippen LogP contribution in [0.5, 0.6) is 0 Å². The summed E-state index contributed by atoms with van der Waals surface area (Å²) >= 11 is 2.29. The summed E-state index contributed by atoms with van der Waals surface area (Å²) in [5.41, 5.74) is -0.150. The molecule has 3 heteroatoms. The summed E-state index contributed by atoms with van der Waals surface area (Å²) in [7, 11) is 0. The van der Waals surface area contributed by atoms with Crippen molar-refractivity contribution in [2.45, 2.75) is 32.4 Å². The van der Waals surface area contributed by atoms with Gasteiger partial charge in [-0.3, -0.25) is 0 Å². The van der Waals surface area contributed by atoms with Crippen molar-refractivity contribution in [2.75, 3.05) is 4.43 Å². The molecular formula is C12H15F2I. The molecule has 1 aromatic carbocycles. The van der Waals surface area contributed by atoms with Gasteiger partial charge in [0.05, 0.1) is 0 Å². The molecule has 0 atom stereocenters. The number of aryl methyl sites for hydroxylation is 1. The van der Waals surface area contributed by atoms with E-state index in [1.807, 2.05) is 0 Å². The van der Waals surface area contributed by atoms with E-state index in [1.165, 1.54) is 10.5 Å². The van der Waals surface area contributed by atoms with Gasteiger partial charge in [0, 0.05) is 0 Å². The number of hydrogen-bond acceptors (Lipinski definition) is 0. The van der Waals surface area contributed by atoms with E-state index in [2.05, 4.69) is 29.5 Å². The van der Waals surface area contributed by atoms with Crippen LogP contribution in [0.25, 0.3) is 0 Å². The molecule has 0 nitrogen and oxygen atoms in total. The van der Waals surface area contributed by atoms with Crippen LogP contribution >= 0.6 is 22.6 Å². The van der Waals surface area contributed by atoms with Crippen molar-refractivity contribution in [3.05, 3.63) is 35.1 Å². The molecule has 2 rings (SSSR count). The topological polar surface area (TPSA) is 0 Å². The van der Waals surface area contributed by atoms with Gasteiger partial charge in [-0.25, -0.2) is 8.78 Å². The van der Waals surface area contributed by atoms with Crippen molar-refractivity contribution in [3.63, 3.8) is 0 Å². The van der Waals surface area contributed by atoms with E-state index in [9.17, 15) is 8.78 Å². The molecule has 0 aliphatic heterocycles. The van der Waals surface area contributed by atoms with Crippen LogP contribution in [-0.2, 0) is 5.67 Å². The van der Waals surface area contributed by atoms with Crippen LogP contribution in [0.4, 0.5) is 8.78 Å². The van der Waals surface area contributed by atoms with Crippen LogP contribution in [0, 0.1) is 12.7 Å². The minimum Gasteiger partial charge on any atom is -0.239 e. The maximum absolute atomic E-state index is 13.4. The number of alkyl halides is 2. The third-order valence-corrected chi connectivity index (χ3v) is 2.38. The van der Waals surface area contributed by atoms with Gasteiger partial charge in [0.25, 0.3) is 0 Å². The fourth-order valence-corrected chi connectivity index (χ4v) is 1.27. The molecule has 0 aromatic heterocycles. The maximum Gasteiger partial charge on any atom is 0.136 e. The van der Waals surface area contributed by atoms with Crippen LogP contribution < -0.4 is 0 Å². The molecule has 1 aliphatic rings. The summed E-state index contributed by atoms with van der Waals surface area (Å²) in [5.74, 6) is -0.309. The second kappa shape index (κ2) is 5.23. The van der Waals surface area contributed by atoms with Crippen LogP contribution in [-0.4, -0.2) is 4.43 Å². The minimum atomic E-state index is -1.21. The Balaban J connectivity index is 0.000000337. The predicted molar refractivity (Wildman–Crippen MR) is 67.7 cm³/mol. The van der Waals surface area contributed by atoms with Gasteiger partial charge in [-0.15, -0.1) is 0 Å². The van der Waals surface area contributed by atoms with Crippen molar-refractivity contribution in [1.82, 2.24) is 0 Å². The monoisotopic (exact) mass is 324 g/mol. The summed E-state index contributed by atoms with van der Waals surface area (Å²) in [6.45, 7) is 3.79. The SMILES string of the molecule is CCI.Cc1ccc(C2(F)CC2)cc1F. The molecule has 1 aromatic rings. The molecule has 0 radical (unpaired) electrons. The normalized spacial score (nSPS) is 16.6. The highest BCUT2D eigenvalue weighted by Crippen LogP contribution is 2.49. The Morgan fingerprint density at radius 3 is 2.33 bits per heavy atom. The Hall–Kier alpha value is -0.190. The van der Waals surface area contributed by atoms with Gasteiger partial charge in [0.1, 0.15) is 11.5 Å². The molecule has 1 fully saturated rings. The molecule has 0 amide bonds. The molecule has 0 heterocycles. The van der Waals surface area contributed by atoms with Crippen molar-refractivity contribution in [1.29, 1.82) is 0 Å². The van der Waals surface area contributed by atoms with Gasteiger partial charge in [0.15, 0.2) is 0 Å². The molecule has 15 heavy (non-hydrogen) atoms. The van der Waals surface area contributed by atoms with E-state index in [0.717, 1.165) is 0 Å². The predicted octanol–water partition coefficient (Wildman–Crippen LogP) is 4.53. The molecule has 1 saturated carbocycles. The molecule has 1 aliphatic carbocycles. The van der Waals surface area contributed by atoms with E-state index in [1.54, 1.807) is 19.1 Å². The summed E-state index contributed by atoms with van der Waals surface area (Å²) in [6.07, 6.45) is 1.07. The zero-order valence-corrected chi connectivity index (χ0v) is 11.1. The lowest BCUT2D eigenvalue weighted by atomic mass is 10.1. The molecule has 0 N–H and O–H groups in total. The van der Waals surface area contributed by atoms with E-state index >= 15 is 0 Å². The average Bonchev–Trinajstić information content (AvgIpc) is 2.91. The molecule has 84 valence electrons. The van der Waals surface area contributed by atoms with Gasteiger partial charge in [-0.1, -0.05) is 41.6 Å². The first kappa shape index (κ1) is 12.9. The lowest BCUT2D eigenvalue weighted by Gasteiger charge is -2.05. The fraction of sp³-hybridized carbons (Fsp3) is 0.500. The van der Waals surface area contributed by atoms with Gasteiger partial charge in [-0.2, -0.15) is 0 Å². The highest BCUT2D eigenvalue weighted by molar-refractivity contribution is 14.1. The van der Waals surface area contributed by atoms with Gasteiger partial charge in [0.2, 0.25) is 0 Å². The third kappa shape index (κ3) is 3.40. The van der Waals surface area contributed by atoms with Crippen LogP contribution in [0.3, 0.4) is 0 Å². The fourth-order valence-electron chi connectivity index (χ4n) is 1.27. The van der Waals surface area contributed by atoms with Gasteiger partial charge in [-0.05, 0) is 41.4 Å². The third-order valence-electron chi connectivity index (χ3n) is 2.38. The molecular weight excluding hydrogens is 309 g/mol. The van der Waals surface area contributed by atoms with E-state index in [0.29, 0.717) is 24.0 Å². The summed E-state index contributed by atoms with van der Waals surface area (Å²) in [6, 6.07) is 4.61. The Morgan fingerprint density at radius 1 is 1.40 bits per heavy atom. The summed E-state index contributed by atoms with van der Waals surface area (Å²) < 4.78 is 27.6. The van der Waals surface area contributed by atoms with E-state index in [4.69, 9.17) is 0 Å². The quantitative estimate of drug-likeness (QED) is 0.526. The second-order valence-electron chi connectivity index (χ2n) is 3.70. The molecule has 0 bridgehead atoms. The minimum absolute atomic E-state index is 0.309. The smallest absolute Gasteiger partial charge is 0.136 e. The first-order valence-electron chi connectivity index (χ1n) is 5.05. The van der Waals surface area contributed by atoms with Gasteiger partial charge < -0.3 is 0 Å². The lowest BCUT2D eigenvalue weighted by Crippen LogP contribution is -1.98. The largest absolute Gasteiger partial charge is 0.239 e. The standard InChI is InChI=1S/C10H10F2.C2H5I/c1-7-2-3-8(6-9(7)11)10(12)4-5-10;1-2-3/h2-3,6H,4-5H2,1H3;2H2,1H3. The molecule has 0 unspecified atom stereocenters. The Morgan fingerprint density at radius 2 is 1.93 bits per heavy atom. The average molecular weight is 324 g/mol. The Bertz CT molecular complexity index is 332. The van der Waals surface area contributed by atoms with Crippen LogP contribution in [0.15, 0.2) is 18.2 Å². The van der Waals surface area contributed by atoms with Crippen molar-refractivity contribution < 1.29 is 8.78 Å². The molecule has 0 spiro atoms. The van der Waals surface area contributed by atoms with Gasteiger partial charge >= 0.3 is 0 Å². The first-order chi connectivity index (χ1) is 7.03. The van der Waals surface area contributed by atoms with E-state index < -0.39 is 5.67 Å². The summed E-state index contributed by atoms with van der Waals surface area (Å²) in [5, 5.41) is 0. The number of rotatable bonds is 1. The zero-order chi connectivity index (χ0) is 11.5. The van der Waals surface area contributed by atoms with E-state index in [-0.39, 0.29) is 5.82 Å². The second-order valence-corrected chi connectivity index (χ2v) is 5.22. The highest BCUT2D eigenvalue weighted by Gasteiger charge is 2.45. The van der Waals surface area contributed by atoms with Crippen molar-refractivity contribution in [2.24, 2.45) is 0 Å². The molecule has 0 saturated heterocycles.